The molecule has 2 heterocycles. The fourth-order valence-electron chi connectivity index (χ4n) is 4.59. The SMILES string of the molecule is O=C(O)c1cnc(N2CCCC2c2ccc(Cl)cc2)nc1CCC1CCCC1. The van der Waals surface area contributed by atoms with Gasteiger partial charge in [-0.3, -0.25) is 0 Å². The number of anilines is 1. The van der Waals surface area contributed by atoms with Gasteiger partial charge in [0.2, 0.25) is 5.95 Å². The van der Waals surface area contributed by atoms with Crippen LogP contribution in [0.5, 0.6) is 0 Å². The van der Waals surface area contributed by atoms with Crippen LogP contribution >= 0.6 is 11.6 Å². The van der Waals surface area contributed by atoms with E-state index < -0.39 is 5.97 Å². The van der Waals surface area contributed by atoms with Gasteiger partial charge in [-0.2, -0.15) is 0 Å². The van der Waals surface area contributed by atoms with E-state index in [0.717, 1.165) is 30.8 Å². The van der Waals surface area contributed by atoms with Crippen molar-refractivity contribution < 1.29 is 9.90 Å². The van der Waals surface area contributed by atoms with Crippen molar-refractivity contribution in [3.05, 3.63) is 52.3 Å². The smallest absolute Gasteiger partial charge is 0.339 e. The number of aryl methyl sites for hydroxylation is 1. The zero-order valence-corrected chi connectivity index (χ0v) is 16.7. The molecule has 1 atom stereocenters. The van der Waals surface area contributed by atoms with Gasteiger partial charge in [-0.05, 0) is 49.3 Å². The van der Waals surface area contributed by atoms with Crippen LogP contribution < -0.4 is 4.90 Å². The Morgan fingerprint density at radius 2 is 1.89 bits per heavy atom. The Morgan fingerprint density at radius 1 is 1.14 bits per heavy atom. The highest BCUT2D eigenvalue weighted by atomic mass is 35.5. The zero-order valence-electron chi connectivity index (χ0n) is 16.0. The van der Waals surface area contributed by atoms with Gasteiger partial charge in [0.1, 0.15) is 0 Å². The average Bonchev–Trinajstić information content (AvgIpc) is 3.38. The van der Waals surface area contributed by atoms with Gasteiger partial charge in [0.15, 0.2) is 0 Å². The Kier molecular flexibility index (Phi) is 5.81. The van der Waals surface area contributed by atoms with Crippen molar-refractivity contribution >= 4 is 23.5 Å². The molecule has 1 unspecified atom stereocenters. The fraction of sp³-hybridized carbons (Fsp3) is 0.500. The van der Waals surface area contributed by atoms with Gasteiger partial charge in [-0.25, -0.2) is 14.8 Å². The average molecular weight is 400 g/mol. The summed E-state index contributed by atoms with van der Waals surface area (Å²) in [6.07, 6.45) is 10.4. The summed E-state index contributed by atoms with van der Waals surface area (Å²) in [5.41, 5.74) is 2.11. The highest BCUT2D eigenvalue weighted by molar-refractivity contribution is 6.30. The third-order valence-corrected chi connectivity index (χ3v) is 6.37. The zero-order chi connectivity index (χ0) is 19.5. The largest absolute Gasteiger partial charge is 0.478 e. The number of carboxylic acid groups (broad SMARTS) is 1. The molecule has 148 valence electrons. The number of carboxylic acids is 1. The maximum absolute atomic E-state index is 11.7. The summed E-state index contributed by atoms with van der Waals surface area (Å²) in [5, 5.41) is 10.3. The lowest BCUT2D eigenvalue weighted by molar-refractivity contribution is 0.0694. The standard InChI is InChI=1S/C22H26ClN3O2/c23-17-10-8-16(9-11-17)20-6-3-13-26(20)22-24-14-18(21(27)28)19(25-22)12-7-15-4-1-2-5-15/h8-11,14-15,20H,1-7,12-13H2,(H,27,28). The van der Waals surface area contributed by atoms with E-state index in [-0.39, 0.29) is 11.6 Å². The van der Waals surface area contributed by atoms with E-state index in [2.05, 4.69) is 22.0 Å². The Hall–Kier alpha value is -2.14. The number of rotatable bonds is 6. The van der Waals surface area contributed by atoms with Gasteiger partial charge in [0.25, 0.3) is 0 Å². The van der Waals surface area contributed by atoms with Crippen molar-refractivity contribution in [1.29, 1.82) is 0 Å². The number of hydrogen-bond acceptors (Lipinski definition) is 4. The maximum Gasteiger partial charge on any atom is 0.339 e. The summed E-state index contributed by atoms with van der Waals surface area (Å²) in [7, 11) is 0. The van der Waals surface area contributed by atoms with Crippen LogP contribution in [-0.4, -0.2) is 27.6 Å². The molecule has 1 saturated carbocycles. The molecule has 1 aliphatic carbocycles. The van der Waals surface area contributed by atoms with Crippen LogP contribution in [-0.2, 0) is 6.42 Å². The molecule has 28 heavy (non-hydrogen) atoms. The molecule has 4 rings (SSSR count). The first-order valence-electron chi connectivity index (χ1n) is 10.2. The summed E-state index contributed by atoms with van der Waals surface area (Å²) in [4.78, 5) is 23.0. The lowest BCUT2D eigenvalue weighted by Crippen LogP contribution is -2.25. The molecule has 1 aromatic carbocycles. The molecule has 1 aromatic heterocycles. The van der Waals surface area contributed by atoms with Crippen molar-refractivity contribution in [3.63, 3.8) is 0 Å². The van der Waals surface area contributed by atoms with E-state index in [1.54, 1.807) is 0 Å². The highest BCUT2D eigenvalue weighted by Crippen LogP contribution is 2.35. The number of aromatic nitrogens is 2. The van der Waals surface area contributed by atoms with Crippen LogP contribution in [0.2, 0.25) is 5.02 Å². The number of halogens is 1. The summed E-state index contributed by atoms with van der Waals surface area (Å²) < 4.78 is 0. The predicted molar refractivity (Wildman–Crippen MR) is 110 cm³/mol. The second-order valence-corrected chi connectivity index (χ2v) is 8.36. The van der Waals surface area contributed by atoms with Crippen LogP contribution in [0.15, 0.2) is 30.5 Å². The molecule has 0 radical (unpaired) electrons. The van der Waals surface area contributed by atoms with Gasteiger partial charge < -0.3 is 10.0 Å². The molecule has 5 nitrogen and oxygen atoms in total. The van der Waals surface area contributed by atoms with E-state index in [9.17, 15) is 9.90 Å². The van der Waals surface area contributed by atoms with Gasteiger partial charge in [-0.1, -0.05) is 49.4 Å². The topological polar surface area (TPSA) is 66.3 Å². The molecule has 2 fully saturated rings. The summed E-state index contributed by atoms with van der Waals surface area (Å²) in [6, 6.07) is 8.13. The molecule has 6 heteroatoms. The fourth-order valence-corrected chi connectivity index (χ4v) is 4.72. The Balaban J connectivity index is 1.58. The van der Waals surface area contributed by atoms with Crippen LogP contribution in [0, 0.1) is 5.92 Å². The van der Waals surface area contributed by atoms with Gasteiger partial charge in [-0.15, -0.1) is 0 Å². The monoisotopic (exact) mass is 399 g/mol. The van der Waals surface area contributed by atoms with Gasteiger partial charge >= 0.3 is 5.97 Å². The van der Waals surface area contributed by atoms with Crippen molar-refractivity contribution in [2.75, 3.05) is 11.4 Å². The molecule has 2 aromatic rings. The molecule has 1 aliphatic heterocycles. The van der Waals surface area contributed by atoms with Crippen molar-refractivity contribution in [1.82, 2.24) is 9.97 Å². The maximum atomic E-state index is 11.7. The lowest BCUT2D eigenvalue weighted by Gasteiger charge is -2.25. The summed E-state index contributed by atoms with van der Waals surface area (Å²) in [5.74, 6) is 0.404. The van der Waals surface area contributed by atoms with Crippen LogP contribution in [0.4, 0.5) is 5.95 Å². The minimum Gasteiger partial charge on any atom is -0.478 e. The number of hydrogen-bond donors (Lipinski definition) is 1. The normalized spacial score (nSPS) is 20.0. The number of aromatic carboxylic acids is 1. The number of carbonyl (C=O) groups is 1. The van der Waals surface area contributed by atoms with E-state index in [0.29, 0.717) is 24.0 Å². The van der Waals surface area contributed by atoms with E-state index >= 15 is 0 Å². The van der Waals surface area contributed by atoms with Crippen LogP contribution in [0.25, 0.3) is 0 Å². The lowest BCUT2D eigenvalue weighted by atomic mass is 9.99. The predicted octanol–water partition coefficient (Wildman–Crippen LogP) is 5.29. The molecule has 2 aliphatic rings. The molecular formula is C22H26ClN3O2. The van der Waals surface area contributed by atoms with Crippen molar-refractivity contribution in [3.8, 4) is 0 Å². The van der Waals surface area contributed by atoms with Crippen LogP contribution in [0.1, 0.15) is 72.6 Å². The highest BCUT2D eigenvalue weighted by Gasteiger charge is 2.29. The van der Waals surface area contributed by atoms with E-state index in [4.69, 9.17) is 16.6 Å². The van der Waals surface area contributed by atoms with Crippen LogP contribution in [0.3, 0.4) is 0 Å². The van der Waals surface area contributed by atoms with Crippen molar-refractivity contribution in [2.45, 2.75) is 57.4 Å². The molecular weight excluding hydrogens is 374 g/mol. The molecule has 0 amide bonds. The second-order valence-electron chi connectivity index (χ2n) is 7.93. The third-order valence-electron chi connectivity index (χ3n) is 6.11. The summed E-state index contributed by atoms with van der Waals surface area (Å²) >= 11 is 6.03. The second kappa shape index (κ2) is 8.48. The summed E-state index contributed by atoms with van der Waals surface area (Å²) in [6.45, 7) is 0.877. The first-order valence-corrected chi connectivity index (χ1v) is 10.6. The minimum absolute atomic E-state index is 0.204. The van der Waals surface area contributed by atoms with E-state index in [1.807, 2.05) is 12.1 Å². The van der Waals surface area contributed by atoms with Gasteiger partial charge in [0.05, 0.1) is 17.3 Å². The molecule has 0 spiro atoms. The first kappa shape index (κ1) is 19.2. The Labute approximate surface area is 170 Å². The van der Waals surface area contributed by atoms with E-state index in [1.165, 1.54) is 37.4 Å². The van der Waals surface area contributed by atoms with Gasteiger partial charge in [0, 0.05) is 17.8 Å². The Morgan fingerprint density at radius 3 is 2.61 bits per heavy atom. The number of benzene rings is 1. The van der Waals surface area contributed by atoms with Crippen molar-refractivity contribution in [2.24, 2.45) is 5.92 Å². The molecule has 0 bridgehead atoms. The molecule has 1 N–H and O–H groups in total. The quantitative estimate of drug-likeness (QED) is 0.714. The third kappa shape index (κ3) is 4.14. The Bertz CT molecular complexity index is 834. The first-order chi connectivity index (χ1) is 13.6. The number of nitrogens with zero attached hydrogens (tertiary/aromatic N) is 3. The molecule has 1 saturated heterocycles. The minimum atomic E-state index is -0.941.